The fourth-order valence-electron chi connectivity index (χ4n) is 4.47. The van der Waals surface area contributed by atoms with E-state index in [1.807, 2.05) is 42.5 Å². The Labute approximate surface area is 218 Å². The molecular weight excluding hydrogens is 470 g/mol. The fraction of sp³-hybridized carbons (Fsp3) is 0.464. The summed E-state index contributed by atoms with van der Waals surface area (Å²) >= 11 is 0. The Morgan fingerprint density at radius 1 is 0.973 bits per heavy atom. The Morgan fingerprint density at radius 3 is 2.41 bits per heavy atom. The number of nitrogens with two attached hydrogens (primary N) is 3. The van der Waals surface area contributed by atoms with Crippen molar-refractivity contribution >= 4 is 17.6 Å². The van der Waals surface area contributed by atoms with Gasteiger partial charge in [-0.15, -0.1) is 0 Å². The van der Waals surface area contributed by atoms with Crippen LogP contribution in [0.3, 0.4) is 0 Å². The number of carbonyl (C=O) groups excluding carboxylic acids is 3. The molecule has 0 bridgehead atoms. The highest BCUT2D eigenvalue weighted by atomic mass is 16.5. The Balaban J connectivity index is 1.62. The van der Waals surface area contributed by atoms with Crippen LogP contribution < -0.4 is 27.3 Å². The number of nitrogens with one attached hydrogen (secondary N) is 1. The molecule has 37 heavy (non-hydrogen) atoms. The van der Waals surface area contributed by atoms with Gasteiger partial charge in [0.1, 0.15) is 5.75 Å². The summed E-state index contributed by atoms with van der Waals surface area (Å²) in [6, 6.07) is 14.0. The molecule has 0 aliphatic carbocycles. The van der Waals surface area contributed by atoms with Gasteiger partial charge in [-0.05, 0) is 42.0 Å². The molecule has 0 unspecified atom stereocenters. The van der Waals surface area contributed by atoms with Crippen LogP contribution in [0.5, 0.6) is 5.75 Å². The first-order chi connectivity index (χ1) is 17.9. The Kier molecular flexibility index (Phi) is 11.1. The first kappa shape index (κ1) is 28.3. The van der Waals surface area contributed by atoms with Gasteiger partial charge in [0.2, 0.25) is 11.8 Å². The van der Waals surface area contributed by atoms with Gasteiger partial charge in [0, 0.05) is 39.0 Å². The van der Waals surface area contributed by atoms with Crippen LogP contribution in [0.2, 0.25) is 0 Å². The van der Waals surface area contributed by atoms with Crippen LogP contribution in [0.4, 0.5) is 0 Å². The highest BCUT2D eigenvalue weighted by Crippen LogP contribution is 2.26. The van der Waals surface area contributed by atoms with E-state index in [1.54, 1.807) is 0 Å². The first-order valence-electron chi connectivity index (χ1n) is 13.0. The second kappa shape index (κ2) is 14.5. The number of carbonyl (C=O) groups is 3. The van der Waals surface area contributed by atoms with E-state index in [1.165, 1.54) is 4.90 Å². The molecule has 0 spiro atoms. The van der Waals surface area contributed by atoms with Crippen molar-refractivity contribution in [1.82, 2.24) is 10.2 Å². The minimum atomic E-state index is -1.07. The number of benzene rings is 2. The Morgan fingerprint density at radius 2 is 1.70 bits per heavy atom. The summed E-state index contributed by atoms with van der Waals surface area (Å²) in [6.45, 7) is 1.96. The van der Waals surface area contributed by atoms with Crippen molar-refractivity contribution in [3.63, 3.8) is 0 Å². The van der Waals surface area contributed by atoms with Crippen molar-refractivity contribution in [2.45, 2.75) is 50.6 Å². The van der Waals surface area contributed by atoms with Crippen molar-refractivity contribution in [2.24, 2.45) is 17.2 Å². The van der Waals surface area contributed by atoms with Gasteiger partial charge in [-0.3, -0.25) is 14.4 Å². The maximum atomic E-state index is 13.2. The lowest BCUT2D eigenvalue weighted by atomic mass is 9.96. The molecule has 7 N–H and O–H groups in total. The molecule has 9 nitrogen and oxygen atoms in total. The number of Topliss-reactive ketones (excluding diaryl/α,β-unsaturated/α-hetero) is 1. The zero-order valence-corrected chi connectivity index (χ0v) is 21.4. The molecule has 0 aromatic heterocycles. The summed E-state index contributed by atoms with van der Waals surface area (Å²) in [7, 11) is 0. The van der Waals surface area contributed by atoms with Crippen molar-refractivity contribution in [3.8, 4) is 5.75 Å². The minimum absolute atomic E-state index is 0.0625. The predicted molar refractivity (Wildman–Crippen MR) is 143 cm³/mol. The van der Waals surface area contributed by atoms with Crippen LogP contribution >= 0.6 is 0 Å². The highest BCUT2D eigenvalue weighted by molar-refractivity contribution is 5.93. The molecule has 1 aliphatic rings. The van der Waals surface area contributed by atoms with Crippen LogP contribution in [0.25, 0.3) is 0 Å². The molecule has 2 amide bonds. The van der Waals surface area contributed by atoms with E-state index >= 15 is 0 Å². The molecule has 2 aromatic rings. The fourth-order valence-corrected chi connectivity index (χ4v) is 4.47. The standard InChI is InChI=1S/C28H39N5O4/c29-13-15-33(16-14-30)27(35)19-23(31)28(36)32-24(9-6-20-4-2-1-3-5-20)25(34)10-7-21-8-11-26-22(18-21)12-17-37-26/h1-5,8,11,18,23-24H,6-7,9-10,12-17,19,29-31H2,(H,32,36)/t23-,24-/m0/s1. The summed E-state index contributed by atoms with van der Waals surface area (Å²) in [6.07, 6.45) is 2.62. The number of nitrogens with zero attached hydrogens (tertiary/aromatic N) is 1. The molecule has 9 heteroatoms. The maximum Gasteiger partial charge on any atom is 0.238 e. The van der Waals surface area contributed by atoms with Crippen molar-refractivity contribution in [2.75, 3.05) is 32.8 Å². The number of amides is 2. The van der Waals surface area contributed by atoms with E-state index in [0.29, 0.717) is 52.0 Å². The quantitative estimate of drug-likeness (QED) is 0.276. The average Bonchev–Trinajstić information content (AvgIpc) is 3.38. The van der Waals surface area contributed by atoms with Gasteiger partial charge in [0.15, 0.2) is 5.78 Å². The summed E-state index contributed by atoms with van der Waals surface area (Å²) < 4.78 is 5.56. The summed E-state index contributed by atoms with van der Waals surface area (Å²) in [4.78, 5) is 40.3. The molecule has 200 valence electrons. The predicted octanol–water partition coefficient (Wildman–Crippen LogP) is 0.704. The minimum Gasteiger partial charge on any atom is -0.493 e. The third-order valence-electron chi connectivity index (χ3n) is 6.57. The van der Waals surface area contributed by atoms with Gasteiger partial charge >= 0.3 is 0 Å². The molecule has 2 atom stereocenters. The number of hydrogen-bond acceptors (Lipinski definition) is 7. The Hall–Kier alpha value is -3.27. The van der Waals surface area contributed by atoms with Crippen LogP contribution in [0.15, 0.2) is 48.5 Å². The van der Waals surface area contributed by atoms with Gasteiger partial charge in [0.05, 0.1) is 25.1 Å². The second-order valence-corrected chi connectivity index (χ2v) is 9.36. The molecule has 1 aliphatic heterocycles. The maximum absolute atomic E-state index is 13.2. The van der Waals surface area contributed by atoms with E-state index in [0.717, 1.165) is 28.9 Å². The van der Waals surface area contributed by atoms with E-state index in [2.05, 4.69) is 11.4 Å². The van der Waals surface area contributed by atoms with Gasteiger partial charge in [-0.25, -0.2) is 0 Å². The summed E-state index contributed by atoms with van der Waals surface area (Å²) in [5.74, 6) is 0.0386. The number of hydrogen-bond donors (Lipinski definition) is 4. The normalized spacial score (nSPS) is 13.8. The lowest BCUT2D eigenvalue weighted by Gasteiger charge is -2.24. The molecule has 0 fully saturated rings. The van der Waals surface area contributed by atoms with Gasteiger partial charge < -0.3 is 32.2 Å². The third kappa shape index (κ3) is 8.66. The SMILES string of the molecule is NCCN(CCN)C(=O)C[C@H](N)C(=O)N[C@@H](CCc1ccccc1)C(=O)CCc1ccc2c(c1)CCO2. The van der Waals surface area contributed by atoms with E-state index < -0.39 is 18.0 Å². The molecule has 0 radical (unpaired) electrons. The molecule has 1 heterocycles. The number of fused-ring (bicyclic) bond motifs is 1. The number of ether oxygens (including phenoxy) is 1. The Bertz CT molecular complexity index is 1040. The monoisotopic (exact) mass is 509 g/mol. The summed E-state index contributed by atoms with van der Waals surface area (Å²) in [5.41, 5.74) is 20.5. The topological polar surface area (TPSA) is 154 Å². The van der Waals surface area contributed by atoms with Crippen molar-refractivity contribution in [1.29, 1.82) is 0 Å². The van der Waals surface area contributed by atoms with Gasteiger partial charge in [-0.2, -0.15) is 0 Å². The third-order valence-corrected chi connectivity index (χ3v) is 6.57. The van der Waals surface area contributed by atoms with Crippen LogP contribution in [-0.2, 0) is 33.6 Å². The van der Waals surface area contributed by atoms with E-state index in [-0.39, 0.29) is 24.5 Å². The number of ketones is 1. The lowest BCUT2D eigenvalue weighted by molar-refractivity contribution is -0.135. The number of aryl methyl sites for hydroxylation is 2. The number of rotatable bonds is 15. The van der Waals surface area contributed by atoms with Crippen molar-refractivity contribution in [3.05, 3.63) is 65.2 Å². The smallest absolute Gasteiger partial charge is 0.238 e. The molecule has 0 saturated heterocycles. The van der Waals surface area contributed by atoms with Crippen LogP contribution in [-0.4, -0.2) is 67.4 Å². The molecule has 0 saturated carbocycles. The zero-order chi connectivity index (χ0) is 26.6. The molecular formula is C28H39N5O4. The second-order valence-electron chi connectivity index (χ2n) is 9.36. The van der Waals surface area contributed by atoms with Crippen molar-refractivity contribution < 1.29 is 19.1 Å². The zero-order valence-electron chi connectivity index (χ0n) is 21.4. The average molecular weight is 510 g/mol. The van der Waals surface area contributed by atoms with Crippen LogP contribution in [0, 0.1) is 0 Å². The lowest BCUT2D eigenvalue weighted by Crippen LogP contribution is -2.51. The van der Waals surface area contributed by atoms with Crippen LogP contribution in [0.1, 0.15) is 36.0 Å². The molecule has 3 rings (SSSR count). The first-order valence-corrected chi connectivity index (χ1v) is 13.0. The molecule has 2 aromatic carbocycles. The van der Waals surface area contributed by atoms with Gasteiger partial charge in [0.25, 0.3) is 0 Å². The van der Waals surface area contributed by atoms with Gasteiger partial charge in [-0.1, -0.05) is 42.5 Å². The summed E-state index contributed by atoms with van der Waals surface area (Å²) in [5, 5.41) is 2.82. The largest absolute Gasteiger partial charge is 0.493 e. The highest BCUT2D eigenvalue weighted by Gasteiger charge is 2.26. The van der Waals surface area contributed by atoms with E-state index in [9.17, 15) is 14.4 Å². The van der Waals surface area contributed by atoms with E-state index in [4.69, 9.17) is 21.9 Å².